The number of aryl methyl sites for hydroxylation is 1. The van der Waals surface area contributed by atoms with E-state index in [1.165, 1.54) is 12.8 Å². The Balaban J connectivity index is 1.89. The second-order valence-electron chi connectivity index (χ2n) is 4.51. The molecule has 0 aromatic carbocycles. The molecule has 0 radical (unpaired) electrons. The second-order valence-corrected chi connectivity index (χ2v) is 4.51. The zero-order valence-electron chi connectivity index (χ0n) is 9.63. The average molecular weight is 230 g/mol. The third kappa shape index (κ3) is 2.06. The number of rotatable bonds is 3. The van der Waals surface area contributed by atoms with E-state index in [9.17, 15) is 0 Å². The van der Waals surface area contributed by atoms with Crippen LogP contribution < -0.4 is 5.73 Å². The number of nitrogens with two attached hydrogens (primary N) is 1. The first-order chi connectivity index (χ1) is 8.24. The Morgan fingerprint density at radius 2 is 2.29 bits per heavy atom. The molecule has 17 heavy (non-hydrogen) atoms. The van der Waals surface area contributed by atoms with Crippen LogP contribution in [0.2, 0.25) is 0 Å². The molecule has 2 N–H and O–H groups in total. The maximum atomic E-state index is 6.02. The van der Waals surface area contributed by atoms with Crippen molar-refractivity contribution in [3.63, 3.8) is 0 Å². The van der Waals surface area contributed by atoms with Crippen molar-refractivity contribution in [3.8, 4) is 11.5 Å². The van der Waals surface area contributed by atoms with Gasteiger partial charge < -0.3 is 10.3 Å². The maximum Gasteiger partial charge on any atom is 0.258 e. The molecular weight excluding hydrogens is 216 g/mol. The highest BCUT2D eigenvalue weighted by molar-refractivity contribution is 5.52. The average Bonchev–Trinajstić information content (AvgIpc) is 3.05. The predicted octanol–water partition coefficient (Wildman–Crippen LogP) is 1.85. The summed E-state index contributed by atoms with van der Waals surface area (Å²) in [5.74, 6) is 1.65. The molecule has 0 spiro atoms. The van der Waals surface area contributed by atoms with Gasteiger partial charge in [-0.1, -0.05) is 5.16 Å². The standard InChI is InChI=1S/C12H14N4O/c1-7-6-9(4-5-14-7)12-15-11(16-17-12)10(13)8-2-3-8/h4-6,8,10H,2-3,13H2,1H3. The molecule has 2 aromatic heterocycles. The molecule has 0 aliphatic heterocycles. The fraction of sp³-hybridized carbons (Fsp3) is 0.417. The number of hydrogen-bond acceptors (Lipinski definition) is 5. The first kappa shape index (κ1) is 10.4. The van der Waals surface area contributed by atoms with Gasteiger partial charge in [0.05, 0.1) is 6.04 Å². The van der Waals surface area contributed by atoms with Gasteiger partial charge in [-0.25, -0.2) is 0 Å². The molecule has 1 saturated carbocycles. The summed E-state index contributed by atoms with van der Waals surface area (Å²) in [5, 5.41) is 3.95. The molecule has 5 heteroatoms. The third-order valence-electron chi connectivity index (χ3n) is 3.01. The van der Waals surface area contributed by atoms with Gasteiger partial charge in [-0.15, -0.1) is 0 Å². The molecule has 2 heterocycles. The number of nitrogens with zero attached hydrogens (tertiary/aromatic N) is 3. The van der Waals surface area contributed by atoms with Gasteiger partial charge in [0, 0.05) is 17.5 Å². The van der Waals surface area contributed by atoms with E-state index in [4.69, 9.17) is 10.3 Å². The van der Waals surface area contributed by atoms with Crippen molar-refractivity contribution in [2.24, 2.45) is 11.7 Å². The van der Waals surface area contributed by atoms with Gasteiger partial charge in [0.1, 0.15) is 0 Å². The summed E-state index contributed by atoms with van der Waals surface area (Å²) in [6.07, 6.45) is 4.06. The zero-order chi connectivity index (χ0) is 11.8. The summed E-state index contributed by atoms with van der Waals surface area (Å²) < 4.78 is 5.24. The van der Waals surface area contributed by atoms with Crippen LogP contribution in [0.5, 0.6) is 0 Å². The minimum Gasteiger partial charge on any atom is -0.334 e. The molecule has 5 nitrogen and oxygen atoms in total. The lowest BCUT2D eigenvalue weighted by molar-refractivity contribution is 0.411. The first-order valence-corrected chi connectivity index (χ1v) is 5.76. The SMILES string of the molecule is Cc1cc(-c2nc(C(N)C3CC3)no2)ccn1. The largest absolute Gasteiger partial charge is 0.334 e. The summed E-state index contributed by atoms with van der Waals surface area (Å²) >= 11 is 0. The molecule has 88 valence electrons. The van der Waals surface area contributed by atoms with E-state index in [1.807, 2.05) is 19.1 Å². The molecule has 1 atom stereocenters. The summed E-state index contributed by atoms with van der Waals surface area (Å²) in [6.45, 7) is 1.93. The lowest BCUT2D eigenvalue weighted by atomic mass is 10.2. The molecule has 1 unspecified atom stereocenters. The molecule has 1 aliphatic rings. The Morgan fingerprint density at radius 1 is 1.47 bits per heavy atom. The highest BCUT2D eigenvalue weighted by Gasteiger charge is 2.32. The van der Waals surface area contributed by atoms with Gasteiger partial charge in [-0.05, 0) is 37.8 Å². The topological polar surface area (TPSA) is 77.8 Å². The van der Waals surface area contributed by atoms with Crippen molar-refractivity contribution < 1.29 is 4.52 Å². The highest BCUT2D eigenvalue weighted by atomic mass is 16.5. The fourth-order valence-electron chi connectivity index (χ4n) is 1.83. The molecule has 1 fully saturated rings. The van der Waals surface area contributed by atoms with E-state index in [2.05, 4.69) is 15.1 Å². The van der Waals surface area contributed by atoms with Crippen LogP contribution in [-0.2, 0) is 0 Å². The number of pyridine rings is 1. The van der Waals surface area contributed by atoms with E-state index in [0.717, 1.165) is 11.3 Å². The Kier molecular flexibility index (Phi) is 2.40. The van der Waals surface area contributed by atoms with Crippen molar-refractivity contribution in [2.75, 3.05) is 0 Å². The minimum absolute atomic E-state index is 0.0876. The second kappa shape index (κ2) is 3.92. The van der Waals surface area contributed by atoms with Crippen LogP contribution in [0, 0.1) is 12.8 Å². The van der Waals surface area contributed by atoms with Crippen molar-refractivity contribution in [1.29, 1.82) is 0 Å². The minimum atomic E-state index is -0.0876. The van der Waals surface area contributed by atoms with Gasteiger partial charge in [0.25, 0.3) is 5.89 Å². The number of hydrogen-bond donors (Lipinski definition) is 1. The quantitative estimate of drug-likeness (QED) is 0.870. The van der Waals surface area contributed by atoms with Gasteiger partial charge in [-0.2, -0.15) is 4.98 Å². The summed E-state index contributed by atoms with van der Waals surface area (Å²) in [6, 6.07) is 3.68. The third-order valence-corrected chi connectivity index (χ3v) is 3.01. The Morgan fingerprint density at radius 3 is 3.00 bits per heavy atom. The molecule has 0 amide bonds. The van der Waals surface area contributed by atoms with E-state index in [1.54, 1.807) is 6.20 Å². The first-order valence-electron chi connectivity index (χ1n) is 5.76. The van der Waals surface area contributed by atoms with Crippen LogP contribution >= 0.6 is 0 Å². The monoisotopic (exact) mass is 230 g/mol. The molecule has 2 aromatic rings. The van der Waals surface area contributed by atoms with E-state index in [0.29, 0.717) is 17.6 Å². The summed E-state index contributed by atoms with van der Waals surface area (Å²) in [4.78, 5) is 8.48. The van der Waals surface area contributed by atoms with E-state index < -0.39 is 0 Å². The van der Waals surface area contributed by atoms with Crippen molar-refractivity contribution in [3.05, 3.63) is 29.8 Å². The maximum absolute atomic E-state index is 6.02. The molecule has 3 rings (SSSR count). The van der Waals surface area contributed by atoms with Crippen LogP contribution in [0.15, 0.2) is 22.9 Å². The number of aromatic nitrogens is 3. The summed E-state index contributed by atoms with van der Waals surface area (Å²) in [5.41, 5.74) is 7.84. The fourth-order valence-corrected chi connectivity index (χ4v) is 1.83. The Bertz CT molecular complexity index is 533. The zero-order valence-corrected chi connectivity index (χ0v) is 9.63. The van der Waals surface area contributed by atoms with Crippen molar-refractivity contribution in [2.45, 2.75) is 25.8 Å². The molecule has 0 bridgehead atoms. The Labute approximate surface area is 99.1 Å². The van der Waals surface area contributed by atoms with Crippen LogP contribution in [0.4, 0.5) is 0 Å². The molecular formula is C12H14N4O. The van der Waals surface area contributed by atoms with Crippen LogP contribution in [-0.4, -0.2) is 15.1 Å². The predicted molar refractivity (Wildman–Crippen MR) is 61.9 cm³/mol. The van der Waals surface area contributed by atoms with Gasteiger partial charge >= 0.3 is 0 Å². The lowest BCUT2D eigenvalue weighted by Gasteiger charge is -2.01. The normalized spacial score (nSPS) is 17.1. The van der Waals surface area contributed by atoms with Gasteiger partial charge in [0.15, 0.2) is 5.82 Å². The Hall–Kier alpha value is -1.75. The van der Waals surface area contributed by atoms with Crippen molar-refractivity contribution >= 4 is 0 Å². The van der Waals surface area contributed by atoms with Crippen LogP contribution in [0.1, 0.15) is 30.4 Å². The lowest BCUT2D eigenvalue weighted by Crippen LogP contribution is -2.13. The highest BCUT2D eigenvalue weighted by Crippen LogP contribution is 2.38. The van der Waals surface area contributed by atoms with Crippen molar-refractivity contribution in [1.82, 2.24) is 15.1 Å². The smallest absolute Gasteiger partial charge is 0.258 e. The van der Waals surface area contributed by atoms with E-state index >= 15 is 0 Å². The molecule has 0 saturated heterocycles. The van der Waals surface area contributed by atoms with Gasteiger partial charge in [0.2, 0.25) is 0 Å². The molecule has 1 aliphatic carbocycles. The van der Waals surface area contributed by atoms with E-state index in [-0.39, 0.29) is 6.04 Å². The summed E-state index contributed by atoms with van der Waals surface area (Å²) in [7, 11) is 0. The van der Waals surface area contributed by atoms with Crippen LogP contribution in [0.3, 0.4) is 0 Å². The van der Waals surface area contributed by atoms with Crippen LogP contribution in [0.25, 0.3) is 11.5 Å². The van der Waals surface area contributed by atoms with Gasteiger partial charge in [-0.3, -0.25) is 4.98 Å².